The molecule has 1 aliphatic rings. The predicted molar refractivity (Wildman–Crippen MR) is 79.0 cm³/mol. The second-order valence-electron chi connectivity index (χ2n) is 5.05. The summed E-state index contributed by atoms with van der Waals surface area (Å²) in [7, 11) is 3.48. The molecule has 0 amide bonds. The molecule has 112 valence electrons. The highest BCUT2D eigenvalue weighted by Gasteiger charge is 2.32. The first kappa shape index (κ1) is 15.1. The fourth-order valence-corrected chi connectivity index (χ4v) is 2.54. The highest BCUT2D eigenvalue weighted by Crippen LogP contribution is 2.20. The molecular formula is C15H24N2O3. The van der Waals surface area contributed by atoms with Crippen LogP contribution in [0.4, 0.5) is 5.69 Å². The number of hydrogen-bond donors (Lipinski definition) is 1. The lowest BCUT2D eigenvalue weighted by Gasteiger charge is -2.15. The SMILES string of the molecule is COC1CN(CCCOc2ccccc2N)CC1OC. The minimum atomic E-state index is 0.172. The molecule has 2 unspecified atom stereocenters. The molecule has 0 spiro atoms. The van der Waals surface area contributed by atoms with E-state index in [2.05, 4.69) is 4.90 Å². The highest BCUT2D eigenvalue weighted by atomic mass is 16.5. The summed E-state index contributed by atoms with van der Waals surface area (Å²) in [5.41, 5.74) is 6.52. The summed E-state index contributed by atoms with van der Waals surface area (Å²) in [6.07, 6.45) is 1.30. The largest absolute Gasteiger partial charge is 0.491 e. The summed E-state index contributed by atoms with van der Waals surface area (Å²) in [5, 5.41) is 0. The van der Waals surface area contributed by atoms with Crippen LogP contribution in [-0.4, -0.2) is 57.6 Å². The van der Waals surface area contributed by atoms with Gasteiger partial charge in [-0.1, -0.05) is 12.1 Å². The van der Waals surface area contributed by atoms with Gasteiger partial charge in [0.1, 0.15) is 5.75 Å². The maximum atomic E-state index is 5.83. The molecule has 2 rings (SSSR count). The van der Waals surface area contributed by atoms with Crippen molar-refractivity contribution >= 4 is 5.69 Å². The number of methoxy groups -OCH3 is 2. The van der Waals surface area contributed by atoms with E-state index < -0.39 is 0 Å². The number of nitrogens with zero attached hydrogens (tertiary/aromatic N) is 1. The molecule has 1 aliphatic heterocycles. The molecule has 0 bridgehead atoms. The lowest BCUT2D eigenvalue weighted by Crippen LogP contribution is -2.27. The van der Waals surface area contributed by atoms with E-state index in [0.717, 1.165) is 31.8 Å². The van der Waals surface area contributed by atoms with Crippen LogP contribution in [0.5, 0.6) is 5.75 Å². The van der Waals surface area contributed by atoms with Gasteiger partial charge in [-0.25, -0.2) is 0 Å². The number of nitrogen functional groups attached to an aromatic ring is 1. The smallest absolute Gasteiger partial charge is 0.142 e. The van der Waals surface area contributed by atoms with Gasteiger partial charge < -0.3 is 19.9 Å². The third-order valence-corrected chi connectivity index (χ3v) is 3.69. The van der Waals surface area contributed by atoms with Crippen LogP contribution >= 0.6 is 0 Å². The fraction of sp³-hybridized carbons (Fsp3) is 0.600. The van der Waals surface area contributed by atoms with Crippen molar-refractivity contribution in [2.24, 2.45) is 0 Å². The van der Waals surface area contributed by atoms with Crippen molar-refractivity contribution in [2.45, 2.75) is 18.6 Å². The summed E-state index contributed by atoms with van der Waals surface area (Å²) in [4.78, 5) is 2.35. The van der Waals surface area contributed by atoms with Gasteiger partial charge in [0, 0.05) is 33.9 Å². The van der Waals surface area contributed by atoms with Crippen LogP contribution in [0.15, 0.2) is 24.3 Å². The van der Waals surface area contributed by atoms with E-state index in [9.17, 15) is 0 Å². The van der Waals surface area contributed by atoms with Crippen molar-refractivity contribution in [1.29, 1.82) is 0 Å². The molecule has 0 radical (unpaired) electrons. The number of nitrogens with two attached hydrogens (primary N) is 1. The predicted octanol–water partition coefficient (Wildman–Crippen LogP) is 1.38. The van der Waals surface area contributed by atoms with Crippen molar-refractivity contribution in [1.82, 2.24) is 4.90 Å². The summed E-state index contributed by atoms with van der Waals surface area (Å²) in [6, 6.07) is 7.58. The summed E-state index contributed by atoms with van der Waals surface area (Å²) in [6.45, 7) is 3.48. The topological polar surface area (TPSA) is 57.0 Å². The Bertz CT molecular complexity index is 402. The Balaban J connectivity index is 1.68. The van der Waals surface area contributed by atoms with Crippen LogP contribution in [0, 0.1) is 0 Å². The van der Waals surface area contributed by atoms with E-state index >= 15 is 0 Å². The van der Waals surface area contributed by atoms with Gasteiger partial charge in [0.2, 0.25) is 0 Å². The van der Waals surface area contributed by atoms with Gasteiger partial charge in [0.05, 0.1) is 24.5 Å². The van der Waals surface area contributed by atoms with Crippen LogP contribution in [0.1, 0.15) is 6.42 Å². The highest BCUT2D eigenvalue weighted by molar-refractivity contribution is 5.51. The molecule has 2 N–H and O–H groups in total. The maximum Gasteiger partial charge on any atom is 0.142 e. The summed E-state index contributed by atoms with van der Waals surface area (Å²) < 4.78 is 16.5. The van der Waals surface area contributed by atoms with Crippen molar-refractivity contribution < 1.29 is 14.2 Å². The second kappa shape index (κ2) is 7.47. The Morgan fingerprint density at radius 2 is 1.80 bits per heavy atom. The standard InChI is InChI=1S/C15H24N2O3/c1-18-14-10-17(11-15(14)19-2)8-5-9-20-13-7-4-3-6-12(13)16/h3-4,6-7,14-15H,5,8-11,16H2,1-2H3. The zero-order chi connectivity index (χ0) is 14.4. The Kier molecular flexibility index (Phi) is 5.64. The van der Waals surface area contributed by atoms with Gasteiger partial charge in [0.15, 0.2) is 0 Å². The molecule has 0 saturated carbocycles. The van der Waals surface area contributed by atoms with Crippen molar-refractivity contribution in [3.05, 3.63) is 24.3 Å². The van der Waals surface area contributed by atoms with E-state index in [1.165, 1.54) is 0 Å². The van der Waals surface area contributed by atoms with Crippen LogP contribution in [-0.2, 0) is 9.47 Å². The molecule has 1 aromatic rings. The molecule has 5 nitrogen and oxygen atoms in total. The first-order chi connectivity index (χ1) is 9.74. The number of benzene rings is 1. The van der Waals surface area contributed by atoms with E-state index in [1.807, 2.05) is 24.3 Å². The first-order valence-corrected chi connectivity index (χ1v) is 7.00. The van der Waals surface area contributed by atoms with E-state index in [-0.39, 0.29) is 12.2 Å². The Labute approximate surface area is 120 Å². The van der Waals surface area contributed by atoms with Crippen LogP contribution in [0.2, 0.25) is 0 Å². The van der Waals surface area contributed by atoms with E-state index in [0.29, 0.717) is 12.3 Å². The number of rotatable bonds is 7. The van der Waals surface area contributed by atoms with E-state index in [1.54, 1.807) is 14.2 Å². The van der Waals surface area contributed by atoms with Gasteiger partial charge in [0.25, 0.3) is 0 Å². The minimum absolute atomic E-state index is 0.172. The lowest BCUT2D eigenvalue weighted by molar-refractivity contribution is -0.00461. The van der Waals surface area contributed by atoms with Crippen molar-refractivity contribution in [3.63, 3.8) is 0 Å². The molecule has 1 heterocycles. The van der Waals surface area contributed by atoms with Crippen LogP contribution in [0.3, 0.4) is 0 Å². The average molecular weight is 280 g/mol. The van der Waals surface area contributed by atoms with Gasteiger partial charge >= 0.3 is 0 Å². The molecule has 1 aromatic carbocycles. The molecule has 1 saturated heterocycles. The third kappa shape index (κ3) is 3.85. The molecule has 0 aromatic heterocycles. The van der Waals surface area contributed by atoms with Crippen LogP contribution in [0.25, 0.3) is 0 Å². The number of ether oxygens (including phenoxy) is 3. The number of hydrogen-bond acceptors (Lipinski definition) is 5. The molecule has 0 aliphatic carbocycles. The quantitative estimate of drug-likeness (QED) is 0.604. The molecular weight excluding hydrogens is 256 g/mol. The lowest BCUT2D eigenvalue weighted by atomic mass is 10.3. The summed E-state index contributed by atoms with van der Waals surface area (Å²) in [5.74, 6) is 0.762. The average Bonchev–Trinajstić information content (AvgIpc) is 2.87. The van der Waals surface area contributed by atoms with Crippen molar-refractivity contribution in [3.8, 4) is 5.75 Å². The molecule has 5 heteroatoms. The zero-order valence-electron chi connectivity index (χ0n) is 12.2. The summed E-state index contributed by atoms with van der Waals surface area (Å²) >= 11 is 0. The minimum Gasteiger partial charge on any atom is -0.491 e. The maximum absolute atomic E-state index is 5.83. The third-order valence-electron chi connectivity index (χ3n) is 3.69. The molecule has 2 atom stereocenters. The van der Waals surface area contributed by atoms with Gasteiger partial charge in [-0.3, -0.25) is 4.90 Å². The zero-order valence-corrected chi connectivity index (χ0v) is 12.2. The van der Waals surface area contributed by atoms with Gasteiger partial charge in [-0.05, 0) is 18.6 Å². The second-order valence-corrected chi connectivity index (χ2v) is 5.05. The van der Waals surface area contributed by atoms with Gasteiger partial charge in [-0.2, -0.15) is 0 Å². The number of para-hydroxylation sites is 2. The first-order valence-electron chi connectivity index (χ1n) is 7.00. The van der Waals surface area contributed by atoms with Crippen molar-refractivity contribution in [2.75, 3.05) is 46.2 Å². The Morgan fingerprint density at radius 1 is 1.15 bits per heavy atom. The number of likely N-dealkylation sites (tertiary alicyclic amines) is 1. The Morgan fingerprint density at radius 3 is 2.40 bits per heavy atom. The number of anilines is 1. The monoisotopic (exact) mass is 280 g/mol. The van der Waals surface area contributed by atoms with E-state index in [4.69, 9.17) is 19.9 Å². The normalized spacial score (nSPS) is 23.1. The van der Waals surface area contributed by atoms with Crippen LogP contribution < -0.4 is 10.5 Å². The fourth-order valence-electron chi connectivity index (χ4n) is 2.54. The Hall–Kier alpha value is -1.30. The van der Waals surface area contributed by atoms with Gasteiger partial charge in [-0.15, -0.1) is 0 Å². The molecule has 1 fully saturated rings. The molecule has 20 heavy (non-hydrogen) atoms.